The van der Waals surface area contributed by atoms with Crippen LogP contribution in [-0.2, 0) is 6.42 Å². The largest absolute Gasteiger partial charge is 0.399 e. The van der Waals surface area contributed by atoms with Gasteiger partial charge in [-0.15, -0.1) is 0 Å². The van der Waals surface area contributed by atoms with Crippen LogP contribution in [0.2, 0.25) is 0 Å². The van der Waals surface area contributed by atoms with Crippen molar-refractivity contribution in [3.8, 4) is 0 Å². The van der Waals surface area contributed by atoms with Crippen molar-refractivity contribution in [3.63, 3.8) is 0 Å². The molecule has 3 heteroatoms. The highest BCUT2D eigenvalue weighted by atomic mass is 16.1. The lowest BCUT2D eigenvalue weighted by Gasteiger charge is -2.14. The second kappa shape index (κ2) is 6.44. The molecule has 114 valence electrons. The number of nitrogens with one attached hydrogen (secondary N) is 1. The van der Waals surface area contributed by atoms with Crippen LogP contribution in [0.5, 0.6) is 0 Å². The molecular formula is C20H18N2O. The summed E-state index contributed by atoms with van der Waals surface area (Å²) in [5, 5.41) is 7.78. The number of rotatable bonds is 4. The van der Waals surface area contributed by atoms with Gasteiger partial charge in [-0.25, -0.2) is 0 Å². The van der Waals surface area contributed by atoms with Gasteiger partial charge in [-0.05, 0) is 36.3 Å². The lowest BCUT2D eigenvalue weighted by molar-refractivity contribution is 0.103. The van der Waals surface area contributed by atoms with Gasteiger partial charge in [-0.3, -0.25) is 4.79 Å². The number of carbonyl (C=O) groups excluding carboxylic acids is 1. The lowest BCUT2D eigenvalue weighted by atomic mass is 9.91. The van der Waals surface area contributed by atoms with Crippen molar-refractivity contribution in [1.29, 1.82) is 5.41 Å². The van der Waals surface area contributed by atoms with E-state index in [1.54, 1.807) is 18.2 Å². The average molecular weight is 302 g/mol. The number of nitrogens with two attached hydrogens (primary N) is 1. The molecule has 0 radical (unpaired) electrons. The molecule has 2 aromatic carbocycles. The first-order valence-corrected chi connectivity index (χ1v) is 7.55. The summed E-state index contributed by atoms with van der Waals surface area (Å²) in [6.07, 6.45) is 6.93. The molecule has 0 aliphatic heterocycles. The minimum absolute atomic E-state index is 0.00243. The fraction of sp³-hybridized carbons (Fsp3) is 0.100. The number of nitrogen functional groups attached to an aromatic ring is 1. The molecule has 3 N–H and O–H groups in total. The van der Waals surface area contributed by atoms with Crippen LogP contribution < -0.4 is 5.73 Å². The monoisotopic (exact) mass is 302 g/mol. The first kappa shape index (κ1) is 15.0. The van der Waals surface area contributed by atoms with Gasteiger partial charge in [0.05, 0.1) is 0 Å². The van der Waals surface area contributed by atoms with Gasteiger partial charge in [0.15, 0.2) is 5.78 Å². The Hall–Kier alpha value is -2.94. The van der Waals surface area contributed by atoms with Crippen LogP contribution in [0.15, 0.2) is 72.3 Å². The molecule has 0 spiro atoms. The summed E-state index contributed by atoms with van der Waals surface area (Å²) >= 11 is 0. The maximum atomic E-state index is 12.8. The molecule has 0 fully saturated rings. The third-order valence-corrected chi connectivity index (χ3v) is 3.87. The van der Waals surface area contributed by atoms with Crippen LogP contribution >= 0.6 is 0 Å². The van der Waals surface area contributed by atoms with E-state index in [1.807, 2.05) is 48.6 Å². The maximum absolute atomic E-state index is 12.8. The van der Waals surface area contributed by atoms with E-state index in [9.17, 15) is 4.79 Å². The normalized spacial score (nSPS) is 13.7. The van der Waals surface area contributed by atoms with Crippen LogP contribution in [0.3, 0.4) is 0 Å². The third-order valence-electron chi connectivity index (χ3n) is 3.87. The van der Waals surface area contributed by atoms with Crippen molar-refractivity contribution in [1.82, 2.24) is 0 Å². The Balaban J connectivity index is 1.95. The van der Waals surface area contributed by atoms with Crippen molar-refractivity contribution in [2.45, 2.75) is 12.8 Å². The van der Waals surface area contributed by atoms with Gasteiger partial charge in [-0.1, -0.05) is 48.1 Å². The number of hydrogen-bond acceptors (Lipinski definition) is 3. The van der Waals surface area contributed by atoms with E-state index in [4.69, 9.17) is 11.1 Å². The van der Waals surface area contributed by atoms with Gasteiger partial charge in [0, 0.05) is 28.9 Å². The van der Waals surface area contributed by atoms with Crippen molar-refractivity contribution >= 4 is 17.2 Å². The molecule has 0 saturated heterocycles. The molecule has 0 heterocycles. The second-order valence-electron chi connectivity index (χ2n) is 5.67. The zero-order valence-electron chi connectivity index (χ0n) is 12.8. The van der Waals surface area contributed by atoms with Gasteiger partial charge >= 0.3 is 0 Å². The fourth-order valence-electron chi connectivity index (χ4n) is 2.76. The SMILES string of the molecule is N=C1C=CC=C(Cc2cc(N)ccc2C(=O)c2ccccc2)C1. The molecule has 2 aromatic rings. The molecular weight excluding hydrogens is 284 g/mol. The van der Waals surface area contributed by atoms with Crippen LogP contribution in [-0.4, -0.2) is 11.5 Å². The Kier molecular flexibility index (Phi) is 4.20. The summed E-state index contributed by atoms with van der Waals surface area (Å²) in [5.41, 5.74) is 10.5. The molecule has 0 bridgehead atoms. The summed E-state index contributed by atoms with van der Waals surface area (Å²) in [6, 6.07) is 14.7. The number of ketones is 1. The van der Waals surface area contributed by atoms with Gasteiger partial charge in [0.25, 0.3) is 0 Å². The van der Waals surface area contributed by atoms with Crippen molar-refractivity contribution < 1.29 is 4.79 Å². The molecule has 3 rings (SSSR count). The number of carbonyl (C=O) groups is 1. The Morgan fingerprint density at radius 1 is 1.13 bits per heavy atom. The van der Waals surface area contributed by atoms with Gasteiger partial charge < -0.3 is 11.1 Å². The quantitative estimate of drug-likeness (QED) is 0.663. The number of anilines is 1. The van der Waals surface area contributed by atoms with Gasteiger partial charge in [0.2, 0.25) is 0 Å². The standard InChI is InChI=1S/C20H18N2O/c21-17-8-4-5-14(12-17)11-16-13-18(22)9-10-19(16)20(23)15-6-2-1-3-7-15/h1-10,13,21H,11-12,22H2. The Morgan fingerprint density at radius 2 is 1.91 bits per heavy atom. The lowest BCUT2D eigenvalue weighted by Crippen LogP contribution is -2.09. The third kappa shape index (κ3) is 3.46. The van der Waals surface area contributed by atoms with Crippen molar-refractivity contribution in [2.24, 2.45) is 0 Å². The van der Waals surface area contributed by atoms with Gasteiger partial charge in [0.1, 0.15) is 0 Å². The molecule has 0 unspecified atom stereocenters. The van der Waals surface area contributed by atoms with E-state index in [1.165, 1.54) is 0 Å². The number of allylic oxidation sites excluding steroid dienone is 4. The zero-order valence-corrected chi connectivity index (χ0v) is 12.8. The van der Waals surface area contributed by atoms with Crippen LogP contribution in [0.1, 0.15) is 27.9 Å². The van der Waals surface area contributed by atoms with Crippen LogP contribution in [0.25, 0.3) is 0 Å². The molecule has 23 heavy (non-hydrogen) atoms. The zero-order chi connectivity index (χ0) is 16.2. The molecule has 0 atom stereocenters. The smallest absolute Gasteiger partial charge is 0.193 e. The fourth-order valence-corrected chi connectivity index (χ4v) is 2.76. The highest BCUT2D eigenvalue weighted by Gasteiger charge is 2.15. The highest BCUT2D eigenvalue weighted by molar-refractivity contribution is 6.10. The summed E-state index contributed by atoms with van der Waals surface area (Å²) in [6.45, 7) is 0. The maximum Gasteiger partial charge on any atom is 0.193 e. The first-order chi connectivity index (χ1) is 11.1. The summed E-state index contributed by atoms with van der Waals surface area (Å²) < 4.78 is 0. The van der Waals surface area contributed by atoms with Crippen molar-refractivity contribution in [2.75, 3.05) is 5.73 Å². The average Bonchev–Trinajstić information content (AvgIpc) is 2.55. The van der Waals surface area contributed by atoms with E-state index in [0.717, 1.165) is 11.1 Å². The first-order valence-electron chi connectivity index (χ1n) is 7.55. The molecule has 0 aromatic heterocycles. The minimum Gasteiger partial charge on any atom is -0.399 e. The summed E-state index contributed by atoms with van der Waals surface area (Å²) in [4.78, 5) is 12.8. The summed E-state index contributed by atoms with van der Waals surface area (Å²) in [5.74, 6) is 0.00243. The minimum atomic E-state index is 0.00243. The van der Waals surface area contributed by atoms with E-state index in [-0.39, 0.29) is 5.78 Å². The molecule has 3 nitrogen and oxygen atoms in total. The van der Waals surface area contributed by atoms with Crippen molar-refractivity contribution in [3.05, 3.63) is 89.0 Å². The van der Waals surface area contributed by atoms with E-state index < -0.39 is 0 Å². The molecule has 1 aliphatic carbocycles. The predicted molar refractivity (Wildman–Crippen MR) is 94.0 cm³/mol. The Bertz CT molecular complexity index is 817. The molecule has 0 saturated carbocycles. The van der Waals surface area contributed by atoms with Crippen LogP contribution in [0, 0.1) is 5.41 Å². The second-order valence-corrected chi connectivity index (χ2v) is 5.67. The summed E-state index contributed by atoms with van der Waals surface area (Å²) in [7, 11) is 0. The van der Waals surface area contributed by atoms with E-state index >= 15 is 0 Å². The van der Waals surface area contributed by atoms with E-state index in [0.29, 0.717) is 35.4 Å². The number of benzene rings is 2. The Morgan fingerprint density at radius 3 is 2.65 bits per heavy atom. The topological polar surface area (TPSA) is 66.9 Å². The van der Waals surface area contributed by atoms with E-state index in [2.05, 4.69) is 0 Å². The van der Waals surface area contributed by atoms with Crippen LogP contribution in [0.4, 0.5) is 5.69 Å². The number of hydrogen-bond donors (Lipinski definition) is 2. The molecule has 1 aliphatic rings. The highest BCUT2D eigenvalue weighted by Crippen LogP contribution is 2.23. The Labute approximate surface area is 135 Å². The van der Waals surface area contributed by atoms with Gasteiger partial charge in [-0.2, -0.15) is 0 Å². The molecule has 0 amide bonds. The predicted octanol–water partition coefficient (Wildman–Crippen LogP) is 3.95.